The summed E-state index contributed by atoms with van der Waals surface area (Å²) in [6, 6.07) is 15.9. The zero-order chi connectivity index (χ0) is 17.8. The van der Waals surface area contributed by atoms with Crippen molar-refractivity contribution >= 4 is 10.9 Å². The van der Waals surface area contributed by atoms with Crippen molar-refractivity contribution in [3.63, 3.8) is 0 Å². The summed E-state index contributed by atoms with van der Waals surface area (Å²) in [7, 11) is 0. The summed E-state index contributed by atoms with van der Waals surface area (Å²) < 4.78 is 11.3. The number of fused-ring (bicyclic) bond motifs is 1. The second kappa shape index (κ2) is 7.53. The van der Waals surface area contributed by atoms with Crippen molar-refractivity contribution in [3.05, 3.63) is 54.1 Å². The largest absolute Gasteiger partial charge is 0.491 e. The van der Waals surface area contributed by atoms with Gasteiger partial charge < -0.3 is 14.6 Å². The van der Waals surface area contributed by atoms with E-state index in [2.05, 4.69) is 19.1 Å². The van der Waals surface area contributed by atoms with E-state index >= 15 is 0 Å². The van der Waals surface area contributed by atoms with Crippen molar-refractivity contribution in [2.24, 2.45) is 0 Å². The van der Waals surface area contributed by atoms with Crippen LogP contribution in [0.2, 0.25) is 0 Å². The van der Waals surface area contributed by atoms with E-state index in [9.17, 15) is 0 Å². The number of rotatable bonds is 6. The van der Waals surface area contributed by atoms with Gasteiger partial charge in [-0.05, 0) is 62.7 Å². The van der Waals surface area contributed by atoms with Gasteiger partial charge in [0.15, 0.2) is 0 Å². The molecule has 0 atom stereocenters. The molecule has 4 nitrogen and oxygen atoms in total. The molecular weight excluding hydrogens is 314 g/mol. The van der Waals surface area contributed by atoms with E-state index in [1.165, 1.54) is 0 Å². The van der Waals surface area contributed by atoms with Crippen LogP contribution in [0.1, 0.15) is 19.4 Å². The van der Waals surface area contributed by atoms with Crippen LogP contribution < -0.4 is 9.47 Å². The first-order valence-corrected chi connectivity index (χ1v) is 8.49. The van der Waals surface area contributed by atoms with Crippen LogP contribution in [0.5, 0.6) is 11.5 Å². The molecule has 3 aromatic rings. The third-order valence-electron chi connectivity index (χ3n) is 3.88. The summed E-state index contributed by atoms with van der Waals surface area (Å²) in [6.45, 7) is 6.42. The summed E-state index contributed by atoms with van der Waals surface area (Å²) in [4.78, 5) is 4.85. The maximum atomic E-state index is 8.83. The van der Waals surface area contributed by atoms with Gasteiger partial charge >= 0.3 is 0 Å². The zero-order valence-corrected chi connectivity index (χ0v) is 14.8. The van der Waals surface area contributed by atoms with Gasteiger partial charge in [-0.15, -0.1) is 0 Å². The number of nitrogens with zero attached hydrogens (tertiary/aromatic N) is 1. The van der Waals surface area contributed by atoms with Gasteiger partial charge in [0.1, 0.15) is 23.6 Å². The van der Waals surface area contributed by atoms with E-state index in [-0.39, 0.29) is 12.7 Å². The Morgan fingerprint density at radius 1 is 1.08 bits per heavy atom. The first-order valence-electron chi connectivity index (χ1n) is 8.49. The highest BCUT2D eigenvalue weighted by atomic mass is 16.5. The lowest BCUT2D eigenvalue weighted by atomic mass is 10.0. The summed E-state index contributed by atoms with van der Waals surface area (Å²) in [5.74, 6) is 1.54. The van der Waals surface area contributed by atoms with Crippen molar-refractivity contribution in [2.75, 3.05) is 13.2 Å². The highest BCUT2D eigenvalue weighted by Crippen LogP contribution is 2.31. The fourth-order valence-corrected chi connectivity index (χ4v) is 2.77. The molecular formula is C21H23NO3. The number of aliphatic hydroxyl groups excluding tert-OH is 1. The average molecular weight is 337 g/mol. The quantitative estimate of drug-likeness (QED) is 0.726. The Balaban J connectivity index is 2.01. The maximum Gasteiger partial charge on any atom is 0.145 e. The Kier molecular flexibility index (Phi) is 5.19. The predicted octanol–water partition coefficient (Wildman–Crippen LogP) is 4.37. The SMILES string of the molecule is Cc1cc(-c2ccc(OCCO)cc2)nc2c(OC(C)C)cccc12. The van der Waals surface area contributed by atoms with Crippen LogP contribution in [0.4, 0.5) is 0 Å². The number of hydrogen-bond acceptors (Lipinski definition) is 4. The minimum Gasteiger partial charge on any atom is -0.491 e. The molecule has 0 radical (unpaired) electrons. The number of pyridine rings is 1. The number of aliphatic hydroxyl groups is 1. The molecule has 0 aliphatic carbocycles. The average Bonchev–Trinajstić information content (AvgIpc) is 2.60. The maximum absolute atomic E-state index is 8.83. The molecule has 0 bridgehead atoms. The molecule has 0 spiro atoms. The van der Waals surface area contributed by atoms with Gasteiger partial charge in [-0.1, -0.05) is 12.1 Å². The zero-order valence-electron chi connectivity index (χ0n) is 14.8. The summed E-state index contributed by atoms with van der Waals surface area (Å²) in [6.07, 6.45) is 0.0966. The fourth-order valence-electron chi connectivity index (χ4n) is 2.77. The van der Waals surface area contributed by atoms with Crippen LogP contribution >= 0.6 is 0 Å². The van der Waals surface area contributed by atoms with Gasteiger partial charge in [-0.3, -0.25) is 0 Å². The third-order valence-corrected chi connectivity index (χ3v) is 3.88. The van der Waals surface area contributed by atoms with Gasteiger partial charge in [0, 0.05) is 10.9 Å². The predicted molar refractivity (Wildman–Crippen MR) is 100 cm³/mol. The smallest absolute Gasteiger partial charge is 0.145 e. The third kappa shape index (κ3) is 3.91. The fraction of sp³-hybridized carbons (Fsp3) is 0.286. The van der Waals surface area contributed by atoms with Gasteiger partial charge in [-0.2, -0.15) is 0 Å². The van der Waals surface area contributed by atoms with Crippen LogP contribution in [0.3, 0.4) is 0 Å². The molecule has 0 aliphatic rings. The van der Waals surface area contributed by atoms with E-state index in [1.54, 1.807) is 0 Å². The van der Waals surface area contributed by atoms with Crippen molar-refractivity contribution in [2.45, 2.75) is 26.9 Å². The Bertz CT molecular complexity index is 857. The lowest BCUT2D eigenvalue weighted by Gasteiger charge is -2.14. The number of hydrogen-bond donors (Lipinski definition) is 1. The van der Waals surface area contributed by atoms with Gasteiger partial charge in [0.2, 0.25) is 0 Å². The van der Waals surface area contributed by atoms with Crippen LogP contribution in [0.25, 0.3) is 22.2 Å². The van der Waals surface area contributed by atoms with Crippen molar-refractivity contribution in [1.29, 1.82) is 0 Å². The molecule has 25 heavy (non-hydrogen) atoms. The Labute approximate surface area is 148 Å². The molecule has 2 aromatic carbocycles. The first kappa shape index (κ1) is 17.2. The number of aryl methyl sites for hydroxylation is 1. The van der Waals surface area contributed by atoms with Crippen LogP contribution in [0.15, 0.2) is 48.5 Å². The molecule has 0 amide bonds. The molecule has 4 heteroatoms. The van der Waals surface area contributed by atoms with E-state index < -0.39 is 0 Å². The monoisotopic (exact) mass is 337 g/mol. The second-order valence-electron chi connectivity index (χ2n) is 6.24. The van der Waals surface area contributed by atoms with Gasteiger partial charge in [0.25, 0.3) is 0 Å². The number of benzene rings is 2. The van der Waals surface area contributed by atoms with Crippen LogP contribution in [-0.2, 0) is 0 Å². The Morgan fingerprint density at radius 3 is 2.52 bits per heavy atom. The van der Waals surface area contributed by atoms with E-state index in [0.29, 0.717) is 6.61 Å². The van der Waals surface area contributed by atoms with E-state index in [1.807, 2.05) is 50.2 Å². The van der Waals surface area contributed by atoms with Crippen LogP contribution in [0, 0.1) is 6.92 Å². The van der Waals surface area contributed by atoms with Crippen LogP contribution in [-0.4, -0.2) is 29.4 Å². The summed E-state index contributed by atoms with van der Waals surface area (Å²) in [5.41, 5.74) is 3.96. The minimum atomic E-state index is 0.00576. The molecule has 1 heterocycles. The molecule has 130 valence electrons. The normalized spacial score (nSPS) is 11.1. The molecule has 0 saturated heterocycles. The van der Waals surface area contributed by atoms with Crippen molar-refractivity contribution < 1.29 is 14.6 Å². The highest BCUT2D eigenvalue weighted by molar-refractivity contribution is 5.89. The first-order chi connectivity index (χ1) is 12.1. The lowest BCUT2D eigenvalue weighted by Crippen LogP contribution is -2.06. The highest BCUT2D eigenvalue weighted by Gasteiger charge is 2.10. The Morgan fingerprint density at radius 2 is 1.84 bits per heavy atom. The van der Waals surface area contributed by atoms with E-state index in [4.69, 9.17) is 19.6 Å². The lowest BCUT2D eigenvalue weighted by molar-refractivity contribution is 0.201. The molecule has 0 aliphatic heterocycles. The number of ether oxygens (including phenoxy) is 2. The standard InChI is InChI=1S/C21H23NO3/c1-14(2)25-20-6-4-5-18-15(3)13-19(22-21(18)20)16-7-9-17(10-8-16)24-12-11-23/h4-10,13-14,23H,11-12H2,1-3H3. The van der Waals surface area contributed by atoms with E-state index in [0.717, 1.165) is 39.2 Å². The molecule has 3 rings (SSSR count). The Hall–Kier alpha value is -2.59. The second-order valence-corrected chi connectivity index (χ2v) is 6.24. The number of aromatic nitrogens is 1. The summed E-state index contributed by atoms with van der Waals surface area (Å²) >= 11 is 0. The van der Waals surface area contributed by atoms with Gasteiger partial charge in [0.05, 0.1) is 18.4 Å². The minimum absolute atomic E-state index is 0.00576. The molecule has 1 N–H and O–H groups in total. The molecule has 0 unspecified atom stereocenters. The molecule has 1 aromatic heterocycles. The topological polar surface area (TPSA) is 51.6 Å². The van der Waals surface area contributed by atoms with Crippen molar-refractivity contribution in [1.82, 2.24) is 4.98 Å². The van der Waals surface area contributed by atoms with Gasteiger partial charge in [-0.25, -0.2) is 4.98 Å². The number of para-hydroxylation sites is 1. The molecule has 0 saturated carbocycles. The molecule has 0 fully saturated rings. The summed E-state index contributed by atoms with van der Waals surface area (Å²) in [5, 5.41) is 9.93. The van der Waals surface area contributed by atoms with Crippen molar-refractivity contribution in [3.8, 4) is 22.8 Å².